The Hall–Kier alpha value is -3.19. The molecule has 2 heterocycles. The number of halogens is 1. The van der Waals surface area contributed by atoms with E-state index in [4.69, 9.17) is 27.8 Å². The number of rotatable bonds is 5. The van der Waals surface area contributed by atoms with Crippen molar-refractivity contribution in [2.75, 3.05) is 18.6 Å². The van der Waals surface area contributed by atoms with Gasteiger partial charge < -0.3 is 16.2 Å². The van der Waals surface area contributed by atoms with Crippen molar-refractivity contribution in [2.45, 2.75) is 6.42 Å². The van der Waals surface area contributed by atoms with E-state index in [0.29, 0.717) is 34.5 Å². The molecule has 26 heavy (non-hydrogen) atoms. The van der Waals surface area contributed by atoms with Crippen LogP contribution >= 0.6 is 11.6 Å². The molecule has 0 bridgehead atoms. The first-order valence-electron chi connectivity index (χ1n) is 7.77. The fourth-order valence-corrected chi connectivity index (χ4v) is 2.40. The molecule has 0 aliphatic carbocycles. The second kappa shape index (κ2) is 7.79. The van der Waals surface area contributed by atoms with Gasteiger partial charge in [-0.05, 0) is 36.4 Å². The molecule has 0 saturated heterocycles. The van der Waals surface area contributed by atoms with Crippen molar-refractivity contribution >= 4 is 34.6 Å². The lowest BCUT2D eigenvalue weighted by molar-refractivity contribution is 0.396. The van der Waals surface area contributed by atoms with Gasteiger partial charge in [-0.1, -0.05) is 17.7 Å². The van der Waals surface area contributed by atoms with Crippen LogP contribution in [0.15, 0.2) is 58.8 Å². The molecule has 0 amide bonds. The summed E-state index contributed by atoms with van der Waals surface area (Å²) in [6, 6.07) is 14.3. The predicted molar refractivity (Wildman–Crippen MR) is 102 cm³/mol. The van der Waals surface area contributed by atoms with Gasteiger partial charge in [0.25, 0.3) is 0 Å². The van der Waals surface area contributed by atoms with Gasteiger partial charge in [0.2, 0.25) is 5.88 Å². The molecule has 0 saturated carbocycles. The average Bonchev–Trinajstić information content (AvgIpc) is 2.64. The fraction of sp³-hybridized carbons (Fsp3) is 0.111. The lowest BCUT2D eigenvalue weighted by Crippen LogP contribution is -2.03. The lowest BCUT2D eigenvalue weighted by Gasteiger charge is -2.08. The van der Waals surface area contributed by atoms with E-state index in [1.54, 1.807) is 43.5 Å². The summed E-state index contributed by atoms with van der Waals surface area (Å²) in [6.07, 6.45) is 0.472. The minimum absolute atomic E-state index is 0.211. The van der Waals surface area contributed by atoms with Crippen LogP contribution in [0.2, 0.25) is 5.02 Å². The van der Waals surface area contributed by atoms with Crippen LogP contribution in [0.4, 0.5) is 23.0 Å². The molecule has 132 valence electrons. The van der Waals surface area contributed by atoms with Crippen LogP contribution in [-0.4, -0.2) is 17.1 Å². The number of benzene rings is 1. The molecule has 3 rings (SSSR count). The van der Waals surface area contributed by atoms with E-state index in [1.807, 2.05) is 12.1 Å². The fourth-order valence-electron chi connectivity index (χ4n) is 2.28. The quantitative estimate of drug-likeness (QED) is 0.651. The third kappa shape index (κ3) is 4.25. The molecule has 0 aliphatic rings. The summed E-state index contributed by atoms with van der Waals surface area (Å²) in [7, 11) is 1.57. The maximum atomic E-state index is 6.00. The number of hydrogen-bond donors (Lipinski definition) is 2. The first-order chi connectivity index (χ1) is 12.5. The smallest absolute Gasteiger partial charge is 0.213 e. The minimum Gasteiger partial charge on any atom is -0.481 e. The Morgan fingerprint density at radius 2 is 1.77 bits per heavy atom. The van der Waals surface area contributed by atoms with Crippen molar-refractivity contribution < 1.29 is 4.74 Å². The predicted octanol–water partition coefficient (Wildman–Crippen LogP) is 4.31. The number of methoxy groups -OCH3 is 1. The zero-order valence-electron chi connectivity index (χ0n) is 14.1. The first kappa shape index (κ1) is 17.6. The molecule has 7 nitrogen and oxygen atoms in total. The van der Waals surface area contributed by atoms with Crippen molar-refractivity contribution in [3.63, 3.8) is 0 Å². The van der Waals surface area contributed by atoms with Gasteiger partial charge in [0.1, 0.15) is 11.5 Å². The van der Waals surface area contributed by atoms with Gasteiger partial charge in [-0.2, -0.15) is 5.11 Å². The molecule has 0 atom stereocenters. The first-order valence-corrected chi connectivity index (χ1v) is 8.15. The molecule has 0 spiro atoms. The number of ether oxygens (including phenoxy) is 1. The monoisotopic (exact) mass is 368 g/mol. The molecular weight excluding hydrogens is 352 g/mol. The number of nitrogens with two attached hydrogens (primary N) is 2. The number of aromatic nitrogens is 2. The van der Waals surface area contributed by atoms with Crippen molar-refractivity contribution in [2.24, 2.45) is 10.2 Å². The summed E-state index contributed by atoms with van der Waals surface area (Å²) in [4.78, 5) is 8.54. The minimum atomic E-state index is 0.211. The molecule has 0 unspecified atom stereocenters. The van der Waals surface area contributed by atoms with Crippen LogP contribution < -0.4 is 16.2 Å². The molecular formula is C18H17ClN6O. The van der Waals surface area contributed by atoms with E-state index >= 15 is 0 Å². The van der Waals surface area contributed by atoms with Crippen molar-refractivity contribution in [3.8, 4) is 5.88 Å². The van der Waals surface area contributed by atoms with Crippen molar-refractivity contribution in [1.29, 1.82) is 0 Å². The largest absolute Gasteiger partial charge is 0.481 e. The van der Waals surface area contributed by atoms with E-state index < -0.39 is 0 Å². The van der Waals surface area contributed by atoms with Gasteiger partial charge in [0.15, 0.2) is 5.82 Å². The zero-order valence-corrected chi connectivity index (χ0v) is 14.8. The Labute approximate surface area is 155 Å². The second-order valence-electron chi connectivity index (χ2n) is 5.46. The van der Waals surface area contributed by atoms with Gasteiger partial charge in [0, 0.05) is 28.8 Å². The standard InChI is InChI=1S/C18H17ClN6O/c1-26-16-4-2-3-14(22-16)9-11-10-15(18(21)23-17(11)20)25-24-13-7-5-12(19)6-8-13/h2-8,10H,9H2,1H3,(H4,20,21,23)/b25-24+. The highest BCUT2D eigenvalue weighted by Gasteiger charge is 2.10. The molecule has 0 aliphatic heterocycles. The number of azo groups is 1. The summed E-state index contributed by atoms with van der Waals surface area (Å²) in [5.41, 5.74) is 14.6. The number of nitrogens with zero attached hydrogens (tertiary/aromatic N) is 4. The Balaban J connectivity index is 1.87. The molecule has 4 N–H and O–H groups in total. The zero-order chi connectivity index (χ0) is 18.5. The van der Waals surface area contributed by atoms with Gasteiger partial charge in [0.05, 0.1) is 12.8 Å². The number of anilines is 2. The third-order valence-electron chi connectivity index (χ3n) is 3.61. The van der Waals surface area contributed by atoms with E-state index in [0.717, 1.165) is 11.3 Å². The van der Waals surface area contributed by atoms with Crippen LogP contribution in [0, 0.1) is 0 Å². The van der Waals surface area contributed by atoms with Crippen LogP contribution in [0.5, 0.6) is 5.88 Å². The highest BCUT2D eigenvalue weighted by atomic mass is 35.5. The Morgan fingerprint density at radius 3 is 2.50 bits per heavy atom. The van der Waals surface area contributed by atoms with Crippen molar-refractivity contribution in [1.82, 2.24) is 9.97 Å². The lowest BCUT2D eigenvalue weighted by atomic mass is 10.1. The molecule has 1 aromatic carbocycles. The second-order valence-corrected chi connectivity index (χ2v) is 5.90. The van der Waals surface area contributed by atoms with Gasteiger partial charge in [-0.15, -0.1) is 5.11 Å². The summed E-state index contributed by atoms with van der Waals surface area (Å²) in [5.74, 6) is 1.08. The highest BCUT2D eigenvalue weighted by Crippen LogP contribution is 2.28. The number of nitrogen functional groups attached to an aromatic ring is 2. The molecule has 3 aromatic rings. The molecule has 8 heteroatoms. The van der Waals surface area contributed by atoms with Crippen LogP contribution in [0.25, 0.3) is 0 Å². The SMILES string of the molecule is COc1cccc(Cc2cc(/N=N/c3ccc(Cl)cc3)c(N)nc2N)n1. The van der Waals surface area contributed by atoms with Gasteiger partial charge in [-0.25, -0.2) is 9.97 Å². The molecule has 0 fully saturated rings. The normalized spacial score (nSPS) is 11.0. The van der Waals surface area contributed by atoms with Crippen molar-refractivity contribution in [3.05, 3.63) is 64.8 Å². The van der Waals surface area contributed by atoms with E-state index in [9.17, 15) is 0 Å². The van der Waals surface area contributed by atoms with E-state index in [-0.39, 0.29) is 5.82 Å². The Kier molecular flexibility index (Phi) is 5.28. The summed E-state index contributed by atoms with van der Waals surface area (Å²) in [5, 5.41) is 8.96. The Bertz CT molecular complexity index is 943. The summed E-state index contributed by atoms with van der Waals surface area (Å²) < 4.78 is 5.14. The average molecular weight is 369 g/mol. The van der Waals surface area contributed by atoms with Crippen LogP contribution in [-0.2, 0) is 6.42 Å². The molecule has 2 aromatic heterocycles. The number of pyridine rings is 2. The van der Waals surface area contributed by atoms with E-state index in [2.05, 4.69) is 20.2 Å². The van der Waals surface area contributed by atoms with Gasteiger partial charge >= 0.3 is 0 Å². The van der Waals surface area contributed by atoms with E-state index in [1.165, 1.54) is 0 Å². The van der Waals surface area contributed by atoms with Gasteiger partial charge in [-0.3, -0.25) is 0 Å². The van der Waals surface area contributed by atoms with Crippen LogP contribution in [0.3, 0.4) is 0 Å². The number of hydrogen-bond acceptors (Lipinski definition) is 7. The maximum Gasteiger partial charge on any atom is 0.213 e. The Morgan fingerprint density at radius 1 is 1.00 bits per heavy atom. The third-order valence-corrected chi connectivity index (χ3v) is 3.86. The summed E-state index contributed by atoms with van der Waals surface area (Å²) in [6.45, 7) is 0. The maximum absolute atomic E-state index is 6.00. The topological polar surface area (TPSA) is 112 Å². The molecule has 0 radical (unpaired) electrons. The highest BCUT2D eigenvalue weighted by molar-refractivity contribution is 6.30. The summed E-state index contributed by atoms with van der Waals surface area (Å²) >= 11 is 5.86. The van der Waals surface area contributed by atoms with Crippen LogP contribution in [0.1, 0.15) is 11.3 Å².